The summed E-state index contributed by atoms with van der Waals surface area (Å²) in [7, 11) is 0. The topological polar surface area (TPSA) is 118 Å². The molecular formula is C15H25N3O4. The SMILES string of the molecule is Cc1ccnc(C(O)C(O)CCNC(=O)OC(C)(C)C)c1N. The number of hydrogen-bond donors (Lipinski definition) is 4. The van der Waals surface area contributed by atoms with Gasteiger partial charge in [-0.05, 0) is 45.7 Å². The lowest BCUT2D eigenvalue weighted by atomic mass is 10.0. The number of aromatic nitrogens is 1. The van der Waals surface area contributed by atoms with Gasteiger partial charge in [-0.2, -0.15) is 0 Å². The van der Waals surface area contributed by atoms with Crippen molar-refractivity contribution < 1.29 is 19.7 Å². The van der Waals surface area contributed by atoms with Gasteiger partial charge in [-0.25, -0.2) is 4.79 Å². The van der Waals surface area contributed by atoms with Crippen molar-refractivity contribution in [3.63, 3.8) is 0 Å². The quantitative estimate of drug-likeness (QED) is 0.650. The number of nitrogens with two attached hydrogens (primary N) is 1. The summed E-state index contributed by atoms with van der Waals surface area (Å²) in [6.07, 6.45) is -1.19. The van der Waals surface area contributed by atoms with Gasteiger partial charge in [-0.15, -0.1) is 0 Å². The number of aryl methyl sites for hydroxylation is 1. The molecule has 22 heavy (non-hydrogen) atoms. The number of rotatable bonds is 5. The molecule has 2 atom stereocenters. The highest BCUT2D eigenvalue weighted by atomic mass is 16.6. The van der Waals surface area contributed by atoms with Crippen molar-refractivity contribution in [2.45, 2.75) is 51.9 Å². The fourth-order valence-electron chi connectivity index (χ4n) is 1.80. The van der Waals surface area contributed by atoms with Gasteiger partial charge in [0.05, 0.1) is 17.5 Å². The summed E-state index contributed by atoms with van der Waals surface area (Å²) in [5.74, 6) is 0. The van der Waals surface area contributed by atoms with Gasteiger partial charge >= 0.3 is 6.09 Å². The van der Waals surface area contributed by atoms with Gasteiger partial charge in [0.25, 0.3) is 0 Å². The molecule has 7 nitrogen and oxygen atoms in total. The summed E-state index contributed by atoms with van der Waals surface area (Å²) in [5, 5.41) is 22.6. The van der Waals surface area contributed by atoms with Crippen molar-refractivity contribution >= 4 is 11.8 Å². The maximum absolute atomic E-state index is 11.5. The van der Waals surface area contributed by atoms with Gasteiger partial charge in [0.2, 0.25) is 0 Å². The number of nitrogen functional groups attached to an aromatic ring is 1. The van der Waals surface area contributed by atoms with Crippen molar-refractivity contribution in [1.29, 1.82) is 0 Å². The first kappa shape index (κ1) is 18.2. The van der Waals surface area contributed by atoms with E-state index in [1.807, 2.05) is 0 Å². The van der Waals surface area contributed by atoms with Crippen LogP contribution in [0.15, 0.2) is 12.3 Å². The number of carbonyl (C=O) groups is 1. The standard InChI is InChI=1S/C15H25N3O4/c1-9-5-7-17-12(11(9)16)13(20)10(19)6-8-18-14(21)22-15(2,3)4/h5,7,10,13,19-20H,6,8,16H2,1-4H3,(H,18,21). The Labute approximate surface area is 130 Å². The first-order chi connectivity index (χ1) is 10.1. The molecule has 0 saturated carbocycles. The first-order valence-corrected chi connectivity index (χ1v) is 7.16. The minimum atomic E-state index is -1.21. The molecular weight excluding hydrogens is 286 g/mol. The predicted octanol–water partition coefficient (Wildman–Crippen LogP) is 1.28. The second-order valence-corrected chi connectivity index (χ2v) is 6.16. The average molecular weight is 311 g/mol. The molecule has 1 heterocycles. The van der Waals surface area contributed by atoms with Crippen molar-refractivity contribution in [1.82, 2.24) is 10.3 Å². The number of aliphatic hydroxyl groups is 2. The molecule has 0 saturated heterocycles. The number of carbonyl (C=O) groups excluding carboxylic acids is 1. The molecule has 1 amide bonds. The summed E-state index contributed by atoms with van der Waals surface area (Å²) >= 11 is 0. The molecule has 1 aromatic heterocycles. The Hall–Kier alpha value is -1.86. The number of alkyl carbamates (subject to hydrolysis) is 1. The summed E-state index contributed by atoms with van der Waals surface area (Å²) in [6.45, 7) is 7.24. The molecule has 0 aliphatic heterocycles. The van der Waals surface area contributed by atoms with Gasteiger partial charge < -0.3 is 26.0 Å². The predicted molar refractivity (Wildman–Crippen MR) is 83.2 cm³/mol. The third-order valence-electron chi connectivity index (χ3n) is 2.99. The number of anilines is 1. The average Bonchev–Trinajstić information content (AvgIpc) is 2.39. The minimum Gasteiger partial charge on any atom is -0.444 e. The van der Waals surface area contributed by atoms with E-state index in [1.165, 1.54) is 6.20 Å². The molecule has 1 aromatic rings. The van der Waals surface area contributed by atoms with Crippen LogP contribution in [0.3, 0.4) is 0 Å². The van der Waals surface area contributed by atoms with E-state index in [4.69, 9.17) is 10.5 Å². The van der Waals surface area contributed by atoms with E-state index in [2.05, 4.69) is 10.3 Å². The number of pyridine rings is 1. The number of nitrogens with one attached hydrogen (secondary N) is 1. The lowest BCUT2D eigenvalue weighted by Gasteiger charge is -2.21. The molecule has 7 heteroatoms. The van der Waals surface area contributed by atoms with Crippen LogP contribution in [0.5, 0.6) is 0 Å². The summed E-state index contributed by atoms with van der Waals surface area (Å²) in [4.78, 5) is 15.5. The van der Waals surface area contributed by atoms with Crippen molar-refractivity contribution in [3.05, 3.63) is 23.5 Å². The van der Waals surface area contributed by atoms with Crippen LogP contribution in [0, 0.1) is 6.92 Å². The van der Waals surface area contributed by atoms with Crippen molar-refractivity contribution in [3.8, 4) is 0 Å². The second-order valence-electron chi connectivity index (χ2n) is 6.16. The molecule has 0 spiro atoms. The summed E-state index contributed by atoms with van der Waals surface area (Å²) < 4.78 is 5.07. The highest BCUT2D eigenvalue weighted by molar-refractivity contribution is 5.67. The number of amides is 1. The Morgan fingerprint density at radius 1 is 1.45 bits per heavy atom. The molecule has 124 valence electrons. The lowest BCUT2D eigenvalue weighted by Crippen LogP contribution is -2.34. The number of ether oxygens (including phenoxy) is 1. The zero-order valence-corrected chi connectivity index (χ0v) is 13.5. The Morgan fingerprint density at radius 3 is 2.68 bits per heavy atom. The second kappa shape index (κ2) is 7.42. The molecule has 0 radical (unpaired) electrons. The molecule has 0 fully saturated rings. The van der Waals surface area contributed by atoms with Gasteiger partial charge in [-0.1, -0.05) is 0 Å². The van der Waals surface area contributed by atoms with Crippen LogP contribution in [0.2, 0.25) is 0 Å². The van der Waals surface area contributed by atoms with E-state index >= 15 is 0 Å². The van der Waals surface area contributed by atoms with Crippen LogP contribution < -0.4 is 11.1 Å². The zero-order valence-electron chi connectivity index (χ0n) is 13.5. The van der Waals surface area contributed by atoms with Crippen LogP contribution in [-0.4, -0.2) is 39.5 Å². The van der Waals surface area contributed by atoms with Crippen LogP contribution in [0.25, 0.3) is 0 Å². The summed E-state index contributed by atoms with van der Waals surface area (Å²) in [6, 6.07) is 1.72. The van der Waals surface area contributed by atoms with E-state index in [9.17, 15) is 15.0 Å². The molecule has 0 aromatic carbocycles. The molecule has 0 bridgehead atoms. The minimum absolute atomic E-state index is 0.148. The van der Waals surface area contributed by atoms with Crippen molar-refractivity contribution in [2.24, 2.45) is 0 Å². The van der Waals surface area contributed by atoms with E-state index < -0.39 is 23.9 Å². The van der Waals surface area contributed by atoms with E-state index in [0.29, 0.717) is 5.69 Å². The van der Waals surface area contributed by atoms with Crippen molar-refractivity contribution in [2.75, 3.05) is 12.3 Å². The molecule has 2 unspecified atom stereocenters. The third-order valence-corrected chi connectivity index (χ3v) is 2.99. The normalized spacial score (nSPS) is 14.3. The lowest BCUT2D eigenvalue weighted by molar-refractivity contribution is 0.0103. The van der Waals surface area contributed by atoms with Gasteiger partial charge in [0.15, 0.2) is 0 Å². The van der Waals surface area contributed by atoms with Gasteiger partial charge in [0.1, 0.15) is 11.7 Å². The Kier molecular flexibility index (Phi) is 6.13. The fraction of sp³-hybridized carbons (Fsp3) is 0.600. The number of aliphatic hydroxyl groups excluding tert-OH is 2. The fourth-order valence-corrected chi connectivity index (χ4v) is 1.80. The van der Waals surface area contributed by atoms with Crippen LogP contribution >= 0.6 is 0 Å². The Morgan fingerprint density at radius 2 is 2.09 bits per heavy atom. The van der Waals surface area contributed by atoms with Crippen LogP contribution in [0.1, 0.15) is 44.6 Å². The number of nitrogens with zero attached hydrogens (tertiary/aromatic N) is 1. The van der Waals surface area contributed by atoms with Crippen LogP contribution in [0.4, 0.5) is 10.5 Å². The highest BCUT2D eigenvalue weighted by Gasteiger charge is 2.23. The smallest absolute Gasteiger partial charge is 0.407 e. The maximum atomic E-state index is 11.5. The maximum Gasteiger partial charge on any atom is 0.407 e. The van der Waals surface area contributed by atoms with E-state index in [-0.39, 0.29) is 18.7 Å². The molecule has 0 aliphatic carbocycles. The van der Waals surface area contributed by atoms with E-state index in [0.717, 1.165) is 5.56 Å². The Balaban J connectivity index is 2.50. The summed E-state index contributed by atoms with van der Waals surface area (Å²) in [5.41, 5.74) is 6.64. The van der Waals surface area contributed by atoms with Gasteiger partial charge in [0, 0.05) is 12.7 Å². The first-order valence-electron chi connectivity index (χ1n) is 7.16. The number of hydrogen-bond acceptors (Lipinski definition) is 6. The Bertz CT molecular complexity index is 514. The highest BCUT2D eigenvalue weighted by Crippen LogP contribution is 2.24. The van der Waals surface area contributed by atoms with Gasteiger partial charge in [-0.3, -0.25) is 4.98 Å². The molecule has 5 N–H and O–H groups in total. The molecule has 1 rings (SSSR count). The molecule has 0 aliphatic rings. The largest absolute Gasteiger partial charge is 0.444 e. The third kappa shape index (κ3) is 5.50. The van der Waals surface area contributed by atoms with E-state index in [1.54, 1.807) is 33.8 Å². The zero-order chi connectivity index (χ0) is 16.9. The van der Waals surface area contributed by atoms with Crippen LogP contribution in [-0.2, 0) is 4.74 Å². The monoisotopic (exact) mass is 311 g/mol.